The molecule has 0 aromatic rings. The van der Waals surface area contributed by atoms with E-state index in [0.717, 1.165) is 10.5 Å². The molecule has 16 heavy (non-hydrogen) atoms. The molecular weight excluding hydrogens is 218 g/mol. The number of hydrogen-bond donors (Lipinski definition) is 0. The molecule has 0 spiro atoms. The lowest BCUT2D eigenvalue weighted by atomic mass is 10.2. The van der Waals surface area contributed by atoms with Crippen LogP contribution >= 0.6 is 11.6 Å². The molecule has 0 saturated heterocycles. The van der Waals surface area contributed by atoms with Crippen LogP contribution in [0.1, 0.15) is 65.7 Å². The molecule has 0 heterocycles. The zero-order valence-corrected chi connectivity index (χ0v) is 12.4. The third-order valence-corrected chi connectivity index (χ3v) is 3.97. The highest BCUT2D eigenvalue weighted by atomic mass is 35.5. The molecule has 0 saturated carbocycles. The van der Waals surface area contributed by atoms with E-state index in [1.54, 1.807) is 0 Å². The number of halogens is 1. The summed E-state index contributed by atoms with van der Waals surface area (Å²) in [6.07, 6.45) is 9.23. The lowest BCUT2D eigenvalue weighted by molar-refractivity contribution is -0.918. The minimum absolute atomic E-state index is 0.809. The Balaban J connectivity index is 4.16. The van der Waals surface area contributed by atoms with Crippen LogP contribution in [0.5, 0.6) is 0 Å². The fourth-order valence-electron chi connectivity index (χ4n) is 2.20. The molecular formula is C14H31ClN+. The Morgan fingerprint density at radius 2 is 1.12 bits per heavy atom. The molecule has 1 nitrogen and oxygen atoms in total. The summed E-state index contributed by atoms with van der Waals surface area (Å²) in [4.78, 5) is 0. The van der Waals surface area contributed by atoms with Gasteiger partial charge in [-0.3, -0.25) is 0 Å². The highest BCUT2D eigenvalue weighted by Gasteiger charge is 2.24. The summed E-state index contributed by atoms with van der Waals surface area (Å²) < 4.78 is 1.16. The zero-order valence-electron chi connectivity index (χ0n) is 11.6. The number of rotatable bonds is 11. The van der Waals surface area contributed by atoms with E-state index in [2.05, 4.69) is 20.8 Å². The van der Waals surface area contributed by atoms with Crippen molar-refractivity contribution in [3.8, 4) is 0 Å². The lowest BCUT2D eigenvalue weighted by Gasteiger charge is -2.37. The predicted molar refractivity (Wildman–Crippen MR) is 74.9 cm³/mol. The summed E-state index contributed by atoms with van der Waals surface area (Å²) in [6.45, 7) is 10.7. The molecule has 98 valence electrons. The van der Waals surface area contributed by atoms with E-state index in [9.17, 15) is 0 Å². The third-order valence-electron chi connectivity index (χ3n) is 3.46. The van der Waals surface area contributed by atoms with Crippen molar-refractivity contribution in [1.29, 1.82) is 0 Å². The molecule has 0 amide bonds. The summed E-state index contributed by atoms with van der Waals surface area (Å²) in [6, 6.07) is 0.809. The van der Waals surface area contributed by atoms with Gasteiger partial charge in [0.1, 0.15) is 0 Å². The van der Waals surface area contributed by atoms with Crippen LogP contribution in [-0.2, 0) is 0 Å². The second-order valence-corrected chi connectivity index (χ2v) is 5.29. The van der Waals surface area contributed by atoms with Gasteiger partial charge in [0.15, 0.2) is 6.00 Å². The van der Waals surface area contributed by atoms with Gasteiger partial charge in [-0.05, 0) is 25.7 Å². The van der Waals surface area contributed by atoms with Crippen LogP contribution in [0.25, 0.3) is 0 Å². The number of alkyl halides is 1. The average Bonchev–Trinajstić information content (AvgIpc) is 2.32. The van der Waals surface area contributed by atoms with Crippen molar-refractivity contribution < 1.29 is 4.48 Å². The molecule has 0 atom stereocenters. The van der Waals surface area contributed by atoms with Crippen molar-refractivity contribution >= 4 is 11.6 Å². The molecule has 0 fully saturated rings. The molecule has 0 radical (unpaired) electrons. The highest BCUT2D eigenvalue weighted by molar-refractivity contribution is 6.16. The standard InChI is InChI=1S/C14H31ClN/c1-4-7-10-13-16(14-15,11-8-5-2)12-9-6-3/h4-14H2,1-3H3/q+1. The lowest BCUT2D eigenvalue weighted by Crippen LogP contribution is -2.49. The van der Waals surface area contributed by atoms with Gasteiger partial charge in [0.25, 0.3) is 0 Å². The Hall–Kier alpha value is 0.250. The summed E-state index contributed by atoms with van der Waals surface area (Å²) >= 11 is 6.25. The van der Waals surface area contributed by atoms with Gasteiger partial charge in [0.05, 0.1) is 19.6 Å². The third kappa shape index (κ3) is 6.75. The first-order valence-corrected chi connectivity index (χ1v) is 7.69. The van der Waals surface area contributed by atoms with Gasteiger partial charge in [-0.2, -0.15) is 0 Å². The minimum Gasteiger partial charge on any atom is -0.311 e. The quantitative estimate of drug-likeness (QED) is 0.213. The van der Waals surface area contributed by atoms with E-state index in [0.29, 0.717) is 0 Å². The number of unbranched alkanes of at least 4 members (excludes halogenated alkanes) is 4. The summed E-state index contributed by atoms with van der Waals surface area (Å²) in [5.74, 6) is 0. The average molecular weight is 249 g/mol. The number of nitrogens with zero attached hydrogens (tertiary/aromatic N) is 1. The molecule has 0 N–H and O–H groups in total. The van der Waals surface area contributed by atoms with Crippen LogP contribution in [0.2, 0.25) is 0 Å². The predicted octanol–water partition coefficient (Wildman–Crippen LogP) is 4.79. The Bertz CT molecular complexity index is 140. The summed E-state index contributed by atoms with van der Waals surface area (Å²) in [5.41, 5.74) is 0. The monoisotopic (exact) mass is 248 g/mol. The zero-order chi connectivity index (χ0) is 12.3. The number of hydrogen-bond acceptors (Lipinski definition) is 0. The fraction of sp³-hybridized carbons (Fsp3) is 1.00. The van der Waals surface area contributed by atoms with Crippen molar-refractivity contribution in [3.05, 3.63) is 0 Å². The van der Waals surface area contributed by atoms with Gasteiger partial charge in [-0.1, -0.05) is 51.6 Å². The van der Waals surface area contributed by atoms with Crippen LogP contribution in [-0.4, -0.2) is 30.1 Å². The summed E-state index contributed by atoms with van der Waals surface area (Å²) in [7, 11) is 0. The van der Waals surface area contributed by atoms with E-state index in [4.69, 9.17) is 11.6 Å². The van der Waals surface area contributed by atoms with Crippen LogP contribution in [0.15, 0.2) is 0 Å². The van der Waals surface area contributed by atoms with Crippen molar-refractivity contribution in [1.82, 2.24) is 0 Å². The van der Waals surface area contributed by atoms with Gasteiger partial charge in [0.2, 0.25) is 0 Å². The second kappa shape index (κ2) is 10.4. The molecule has 0 aliphatic carbocycles. The second-order valence-electron chi connectivity index (χ2n) is 5.05. The largest absolute Gasteiger partial charge is 0.311 e. The van der Waals surface area contributed by atoms with E-state index in [1.165, 1.54) is 64.6 Å². The Morgan fingerprint density at radius 3 is 1.50 bits per heavy atom. The minimum atomic E-state index is 0.809. The molecule has 0 bridgehead atoms. The van der Waals surface area contributed by atoms with Crippen molar-refractivity contribution in [2.75, 3.05) is 25.6 Å². The normalized spacial score (nSPS) is 12.0. The molecule has 0 aliphatic rings. The van der Waals surface area contributed by atoms with Gasteiger partial charge < -0.3 is 4.48 Å². The van der Waals surface area contributed by atoms with Crippen molar-refractivity contribution in [2.24, 2.45) is 0 Å². The van der Waals surface area contributed by atoms with Crippen molar-refractivity contribution in [3.63, 3.8) is 0 Å². The molecule has 0 aromatic carbocycles. The van der Waals surface area contributed by atoms with Crippen molar-refractivity contribution in [2.45, 2.75) is 65.7 Å². The maximum atomic E-state index is 6.25. The smallest absolute Gasteiger partial charge is 0.154 e. The van der Waals surface area contributed by atoms with Crippen LogP contribution in [0.3, 0.4) is 0 Å². The topological polar surface area (TPSA) is 0 Å². The van der Waals surface area contributed by atoms with Crippen LogP contribution < -0.4 is 0 Å². The maximum absolute atomic E-state index is 6.25. The molecule has 2 heteroatoms. The first kappa shape index (κ1) is 16.2. The Kier molecular flexibility index (Phi) is 10.6. The van der Waals surface area contributed by atoms with Gasteiger partial charge >= 0.3 is 0 Å². The first-order chi connectivity index (χ1) is 7.74. The van der Waals surface area contributed by atoms with Crippen LogP contribution in [0.4, 0.5) is 0 Å². The summed E-state index contributed by atoms with van der Waals surface area (Å²) in [5, 5.41) is 0. The van der Waals surface area contributed by atoms with E-state index in [1.807, 2.05) is 0 Å². The molecule has 0 aromatic heterocycles. The first-order valence-electron chi connectivity index (χ1n) is 7.15. The molecule has 0 aliphatic heterocycles. The molecule has 0 rings (SSSR count). The van der Waals surface area contributed by atoms with Gasteiger partial charge in [-0.15, -0.1) is 0 Å². The highest BCUT2D eigenvalue weighted by Crippen LogP contribution is 2.16. The van der Waals surface area contributed by atoms with Gasteiger partial charge in [0, 0.05) is 0 Å². The van der Waals surface area contributed by atoms with E-state index in [-0.39, 0.29) is 0 Å². The fourth-order valence-corrected chi connectivity index (χ4v) is 2.56. The molecule has 0 unspecified atom stereocenters. The van der Waals surface area contributed by atoms with E-state index >= 15 is 0 Å². The van der Waals surface area contributed by atoms with Gasteiger partial charge in [-0.25, -0.2) is 0 Å². The Morgan fingerprint density at radius 1 is 0.688 bits per heavy atom. The number of quaternary nitrogens is 1. The Labute approximate surface area is 108 Å². The maximum Gasteiger partial charge on any atom is 0.154 e. The van der Waals surface area contributed by atoms with E-state index < -0.39 is 0 Å². The SMILES string of the molecule is CCCCC[N+](CCl)(CCCC)CCCC. The van der Waals surface area contributed by atoms with Crippen LogP contribution in [0, 0.1) is 0 Å².